The van der Waals surface area contributed by atoms with Gasteiger partial charge in [-0.1, -0.05) is 20.8 Å². The van der Waals surface area contributed by atoms with Crippen molar-refractivity contribution >= 4 is 12.0 Å². The number of carbonyl (C=O) groups excluding carboxylic acids is 1. The van der Waals surface area contributed by atoms with E-state index in [0.29, 0.717) is 25.6 Å². The molecular weight excluding hydrogens is 232 g/mol. The Morgan fingerprint density at radius 3 is 2.50 bits per heavy atom. The highest BCUT2D eigenvalue weighted by molar-refractivity contribution is 5.83. The zero-order valence-corrected chi connectivity index (χ0v) is 11.7. The highest BCUT2D eigenvalue weighted by atomic mass is 16.4. The second-order valence-electron chi connectivity index (χ2n) is 5.46. The quantitative estimate of drug-likeness (QED) is 0.835. The van der Waals surface area contributed by atoms with Gasteiger partial charge in [0.2, 0.25) is 0 Å². The van der Waals surface area contributed by atoms with Crippen molar-refractivity contribution < 1.29 is 14.7 Å². The fourth-order valence-electron chi connectivity index (χ4n) is 2.50. The monoisotopic (exact) mass is 256 g/mol. The molecule has 0 aromatic carbocycles. The van der Waals surface area contributed by atoms with Crippen molar-refractivity contribution in [2.75, 3.05) is 19.6 Å². The van der Waals surface area contributed by atoms with Crippen LogP contribution in [0, 0.1) is 11.8 Å². The van der Waals surface area contributed by atoms with Crippen LogP contribution in [0.1, 0.15) is 34.1 Å². The summed E-state index contributed by atoms with van der Waals surface area (Å²) in [6.45, 7) is 9.77. The number of rotatable bonds is 4. The Bertz CT molecular complexity index is 317. The number of urea groups is 1. The molecule has 0 saturated carbocycles. The van der Waals surface area contributed by atoms with E-state index in [1.165, 1.54) is 4.90 Å². The first kappa shape index (κ1) is 14.8. The van der Waals surface area contributed by atoms with Crippen LogP contribution in [0.25, 0.3) is 0 Å². The Morgan fingerprint density at radius 2 is 2.06 bits per heavy atom. The molecule has 0 bridgehead atoms. The summed E-state index contributed by atoms with van der Waals surface area (Å²) in [6, 6.07) is -0.804. The molecule has 104 valence electrons. The number of carbonyl (C=O) groups is 2. The second kappa shape index (κ2) is 6.07. The second-order valence-corrected chi connectivity index (χ2v) is 5.46. The zero-order chi connectivity index (χ0) is 13.9. The van der Waals surface area contributed by atoms with Gasteiger partial charge in [-0.2, -0.15) is 0 Å². The van der Waals surface area contributed by atoms with Crippen LogP contribution >= 0.6 is 0 Å². The molecule has 1 N–H and O–H groups in total. The Labute approximate surface area is 109 Å². The number of carboxylic acid groups (broad SMARTS) is 1. The molecule has 1 saturated heterocycles. The van der Waals surface area contributed by atoms with E-state index in [9.17, 15) is 14.7 Å². The first-order valence-corrected chi connectivity index (χ1v) is 6.66. The van der Waals surface area contributed by atoms with Gasteiger partial charge in [0.05, 0.1) is 0 Å². The molecule has 18 heavy (non-hydrogen) atoms. The third kappa shape index (κ3) is 3.15. The molecule has 0 aliphatic carbocycles. The summed E-state index contributed by atoms with van der Waals surface area (Å²) in [7, 11) is 0. The summed E-state index contributed by atoms with van der Waals surface area (Å²) >= 11 is 0. The van der Waals surface area contributed by atoms with Crippen molar-refractivity contribution in [1.29, 1.82) is 0 Å². The van der Waals surface area contributed by atoms with Crippen molar-refractivity contribution in [3.63, 3.8) is 0 Å². The van der Waals surface area contributed by atoms with E-state index in [0.717, 1.165) is 6.42 Å². The minimum absolute atomic E-state index is 0.0317. The first-order chi connectivity index (χ1) is 8.38. The van der Waals surface area contributed by atoms with Gasteiger partial charge < -0.3 is 14.9 Å². The Kier molecular flexibility index (Phi) is 4.99. The first-order valence-electron chi connectivity index (χ1n) is 6.66. The van der Waals surface area contributed by atoms with Crippen molar-refractivity contribution in [3.8, 4) is 0 Å². The van der Waals surface area contributed by atoms with Crippen LogP contribution in [0.4, 0.5) is 4.79 Å². The standard InChI is InChI=1S/C13H24N2O3/c1-5-14(8-9(2)3)13(18)15-7-6-10(4)11(15)12(16)17/h9-11H,5-8H2,1-4H3,(H,16,17). The molecule has 5 nitrogen and oxygen atoms in total. The van der Waals surface area contributed by atoms with Crippen LogP contribution in [0.15, 0.2) is 0 Å². The average molecular weight is 256 g/mol. The lowest BCUT2D eigenvalue weighted by Gasteiger charge is -2.31. The van der Waals surface area contributed by atoms with Crippen molar-refractivity contribution in [1.82, 2.24) is 9.80 Å². The number of amides is 2. The van der Waals surface area contributed by atoms with Crippen molar-refractivity contribution in [3.05, 3.63) is 0 Å². The van der Waals surface area contributed by atoms with Crippen LogP contribution in [0.3, 0.4) is 0 Å². The molecule has 0 spiro atoms. The average Bonchev–Trinajstić information content (AvgIpc) is 2.66. The highest BCUT2D eigenvalue weighted by Gasteiger charge is 2.40. The van der Waals surface area contributed by atoms with Gasteiger partial charge in [0.1, 0.15) is 6.04 Å². The van der Waals surface area contributed by atoms with Crippen LogP contribution < -0.4 is 0 Å². The number of aliphatic carboxylic acids is 1. The molecule has 2 atom stereocenters. The van der Waals surface area contributed by atoms with E-state index < -0.39 is 12.0 Å². The molecule has 0 aromatic rings. The summed E-state index contributed by atoms with van der Waals surface area (Å²) in [4.78, 5) is 26.9. The predicted molar refractivity (Wildman–Crippen MR) is 69.4 cm³/mol. The molecular formula is C13H24N2O3. The summed E-state index contributed by atoms with van der Waals surface area (Å²) in [5, 5.41) is 9.23. The van der Waals surface area contributed by atoms with Gasteiger partial charge in [-0.15, -0.1) is 0 Å². The largest absolute Gasteiger partial charge is 0.480 e. The lowest BCUT2D eigenvalue weighted by atomic mass is 10.0. The van der Waals surface area contributed by atoms with E-state index in [-0.39, 0.29) is 11.9 Å². The molecule has 1 aliphatic rings. The molecule has 0 aromatic heterocycles. The minimum atomic E-state index is -0.894. The fraction of sp³-hybridized carbons (Fsp3) is 0.846. The molecule has 1 rings (SSSR count). The molecule has 2 unspecified atom stereocenters. The van der Waals surface area contributed by atoms with E-state index in [2.05, 4.69) is 13.8 Å². The smallest absolute Gasteiger partial charge is 0.326 e. The normalized spacial score (nSPS) is 23.5. The molecule has 0 radical (unpaired) electrons. The maximum atomic E-state index is 12.4. The van der Waals surface area contributed by atoms with E-state index in [4.69, 9.17) is 0 Å². The zero-order valence-electron chi connectivity index (χ0n) is 11.7. The minimum Gasteiger partial charge on any atom is -0.480 e. The molecule has 1 aliphatic heterocycles. The summed E-state index contributed by atoms with van der Waals surface area (Å²) < 4.78 is 0. The fourth-order valence-corrected chi connectivity index (χ4v) is 2.50. The van der Waals surface area contributed by atoms with Gasteiger partial charge in [-0.25, -0.2) is 9.59 Å². The lowest BCUT2D eigenvalue weighted by Crippen LogP contribution is -2.50. The van der Waals surface area contributed by atoms with E-state index in [1.807, 2.05) is 13.8 Å². The number of nitrogens with zero attached hydrogens (tertiary/aromatic N) is 2. The third-order valence-electron chi connectivity index (χ3n) is 3.44. The molecule has 1 fully saturated rings. The van der Waals surface area contributed by atoms with Gasteiger partial charge in [-0.05, 0) is 25.2 Å². The van der Waals surface area contributed by atoms with Crippen molar-refractivity contribution in [2.45, 2.75) is 40.2 Å². The predicted octanol–water partition coefficient (Wildman–Crippen LogP) is 1.88. The summed E-state index contributed by atoms with van der Waals surface area (Å²) in [5.41, 5.74) is 0. The maximum Gasteiger partial charge on any atom is 0.326 e. The third-order valence-corrected chi connectivity index (χ3v) is 3.44. The SMILES string of the molecule is CCN(CC(C)C)C(=O)N1CCC(C)C1C(=O)O. The molecule has 1 heterocycles. The Balaban J connectivity index is 2.78. The topological polar surface area (TPSA) is 60.9 Å². The number of hydrogen-bond acceptors (Lipinski definition) is 2. The number of carboxylic acids is 1. The van der Waals surface area contributed by atoms with Crippen molar-refractivity contribution in [2.24, 2.45) is 11.8 Å². The Hall–Kier alpha value is -1.26. The maximum absolute atomic E-state index is 12.4. The number of hydrogen-bond donors (Lipinski definition) is 1. The van der Waals surface area contributed by atoms with Crippen LogP contribution in [0.2, 0.25) is 0 Å². The van der Waals surface area contributed by atoms with Gasteiger partial charge >= 0.3 is 12.0 Å². The highest BCUT2D eigenvalue weighted by Crippen LogP contribution is 2.25. The van der Waals surface area contributed by atoms with E-state index >= 15 is 0 Å². The molecule has 5 heteroatoms. The van der Waals surface area contributed by atoms with Crippen LogP contribution in [0.5, 0.6) is 0 Å². The van der Waals surface area contributed by atoms with Gasteiger partial charge in [-0.3, -0.25) is 0 Å². The van der Waals surface area contributed by atoms with Crippen LogP contribution in [-0.4, -0.2) is 52.6 Å². The lowest BCUT2D eigenvalue weighted by molar-refractivity contribution is -0.142. The Morgan fingerprint density at radius 1 is 1.44 bits per heavy atom. The number of likely N-dealkylation sites (tertiary alicyclic amines) is 1. The molecule has 2 amide bonds. The van der Waals surface area contributed by atoms with E-state index in [1.54, 1.807) is 4.90 Å². The van der Waals surface area contributed by atoms with Gasteiger partial charge in [0.15, 0.2) is 0 Å². The summed E-state index contributed by atoms with van der Waals surface area (Å²) in [6.07, 6.45) is 0.766. The van der Waals surface area contributed by atoms with Gasteiger partial charge in [0, 0.05) is 19.6 Å². The van der Waals surface area contributed by atoms with Crippen LogP contribution in [-0.2, 0) is 4.79 Å². The summed E-state index contributed by atoms with van der Waals surface area (Å²) in [5.74, 6) is -0.477. The van der Waals surface area contributed by atoms with Gasteiger partial charge in [0.25, 0.3) is 0 Å².